The molecule has 0 unspecified atom stereocenters. The average molecular weight is 201 g/mol. The maximum atomic E-state index is 10.2. The molecule has 0 aromatic heterocycles. The fourth-order valence-electron chi connectivity index (χ4n) is 1.09. The Labute approximate surface area is 84.0 Å². The number of carbonyl (C=O) groups is 1. The van der Waals surface area contributed by atoms with Crippen molar-refractivity contribution in [2.24, 2.45) is 0 Å². The molecule has 0 saturated heterocycles. The van der Waals surface area contributed by atoms with Crippen molar-refractivity contribution in [2.45, 2.75) is 19.3 Å². The molecule has 0 amide bonds. The minimum atomic E-state index is -0.717. The summed E-state index contributed by atoms with van der Waals surface area (Å²) in [5.74, 6) is -0.717. The Balaban J connectivity index is 0.00000144. The van der Waals surface area contributed by atoms with Crippen molar-refractivity contribution in [3.8, 4) is 0 Å². The van der Waals surface area contributed by atoms with E-state index in [1.807, 2.05) is 30.3 Å². The van der Waals surface area contributed by atoms with Crippen LogP contribution in [0.1, 0.15) is 18.4 Å². The van der Waals surface area contributed by atoms with Gasteiger partial charge in [-0.15, -0.1) is 12.4 Å². The van der Waals surface area contributed by atoms with Crippen LogP contribution in [0.3, 0.4) is 0 Å². The van der Waals surface area contributed by atoms with E-state index < -0.39 is 5.97 Å². The molecule has 0 spiro atoms. The minimum absolute atomic E-state index is 0. The fourth-order valence-corrected chi connectivity index (χ4v) is 1.09. The van der Waals surface area contributed by atoms with Crippen molar-refractivity contribution in [2.75, 3.05) is 0 Å². The highest BCUT2D eigenvalue weighted by molar-refractivity contribution is 5.85. The molecule has 0 aliphatic rings. The van der Waals surface area contributed by atoms with Crippen LogP contribution in [0.4, 0.5) is 0 Å². The predicted octanol–water partition coefficient (Wildman–Crippen LogP) is 2.52. The van der Waals surface area contributed by atoms with Gasteiger partial charge in [0.15, 0.2) is 0 Å². The molecule has 13 heavy (non-hydrogen) atoms. The number of benzene rings is 1. The molecule has 0 aliphatic carbocycles. The number of aryl methyl sites for hydroxylation is 1. The normalized spacial score (nSPS) is 8.92. The molecule has 0 saturated carbocycles. The summed E-state index contributed by atoms with van der Waals surface area (Å²) in [6, 6.07) is 9.93. The van der Waals surface area contributed by atoms with Crippen LogP contribution in [-0.2, 0) is 11.2 Å². The maximum Gasteiger partial charge on any atom is 0.303 e. The van der Waals surface area contributed by atoms with Crippen molar-refractivity contribution < 1.29 is 9.90 Å². The molecule has 2 nitrogen and oxygen atoms in total. The molecule has 1 aromatic rings. The molecule has 0 aliphatic heterocycles. The standard InChI is InChI=1S/C10H12O2.ClH/c11-10(12)8-4-7-9-5-2-1-3-6-9;/h1-3,5-6H,4,7-8H2,(H,11,12);1H. The highest BCUT2D eigenvalue weighted by Gasteiger charge is 1.96. The zero-order valence-corrected chi connectivity index (χ0v) is 8.09. The van der Waals surface area contributed by atoms with Gasteiger partial charge in [-0.3, -0.25) is 4.79 Å². The molecule has 0 heterocycles. The summed E-state index contributed by atoms with van der Waals surface area (Å²) in [7, 11) is 0. The summed E-state index contributed by atoms with van der Waals surface area (Å²) in [4.78, 5) is 10.2. The number of carboxylic acid groups (broad SMARTS) is 1. The van der Waals surface area contributed by atoms with Gasteiger partial charge in [0, 0.05) is 6.42 Å². The second kappa shape index (κ2) is 6.49. The van der Waals surface area contributed by atoms with E-state index in [0.29, 0.717) is 0 Å². The lowest BCUT2D eigenvalue weighted by atomic mass is 10.1. The number of hydrogen-bond acceptors (Lipinski definition) is 1. The number of carboxylic acids is 1. The number of aliphatic carboxylic acids is 1. The zero-order valence-electron chi connectivity index (χ0n) is 7.27. The Kier molecular flexibility index (Phi) is 5.98. The molecular weight excluding hydrogens is 188 g/mol. The van der Waals surface area contributed by atoms with Gasteiger partial charge in [0.2, 0.25) is 0 Å². The van der Waals surface area contributed by atoms with E-state index in [9.17, 15) is 4.79 Å². The Morgan fingerprint density at radius 2 is 1.85 bits per heavy atom. The van der Waals surface area contributed by atoms with Crippen LogP contribution in [0, 0.1) is 0 Å². The second-order valence-electron chi connectivity index (χ2n) is 2.73. The Bertz CT molecular complexity index is 246. The molecule has 0 bridgehead atoms. The molecule has 72 valence electrons. The van der Waals surface area contributed by atoms with Gasteiger partial charge in [0.25, 0.3) is 0 Å². The Morgan fingerprint density at radius 1 is 1.23 bits per heavy atom. The molecule has 0 fully saturated rings. The largest absolute Gasteiger partial charge is 0.481 e. The highest BCUT2D eigenvalue weighted by Crippen LogP contribution is 2.03. The number of rotatable bonds is 4. The lowest BCUT2D eigenvalue weighted by Gasteiger charge is -1.97. The average Bonchev–Trinajstić information content (AvgIpc) is 2.05. The van der Waals surface area contributed by atoms with Gasteiger partial charge in [-0.1, -0.05) is 30.3 Å². The quantitative estimate of drug-likeness (QED) is 0.811. The Morgan fingerprint density at radius 3 is 2.38 bits per heavy atom. The summed E-state index contributed by atoms with van der Waals surface area (Å²) in [6.45, 7) is 0. The van der Waals surface area contributed by atoms with E-state index in [2.05, 4.69) is 0 Å². The van der Waals surface area contributed by atoms with Crippen LogP contribution in [0.15, 0.2) is 30.3 Å². The van der Waals surface area contributed by atoms with E-state index in [-0.39, 0.29) is 18.8 Å². The SMILES string of the molecule is Cl.O=C(O)CCCc1ccccc1. The van der Waals surface area contributed by atoms with Crippen molar-refractivity contribution in [1.29, 1.82) is 0 Å². The van der Waals surface area contributed by atoms with Crippen LogP contribution < -0.4 is 0 Å². The summed E-state index contributed by atoms with van der Waals surface area (Å²) in [5.41, 5.74) is 1.21. The van der Waals surface area contributed by atoms with Gasteiger partial charge in [-0.25, -0.2) is 0 Å². The van der Waals surface area contributed by atoms with Crippen molar-refractivity contribution in [1.82, 2.24) is 0 Å². The first-order valence-electron chi connectivity index (χ1n) is 4.05. The third kappa shape index (κ3) is 5.26. The van der Waals surface area contributed by atoms with Crippen LogP contribution >= 0.6 is 12.4 Å². The molecule has 1 aromatic carbocycles. The number of halogens is 1. The van der Waals surface area contributed by atoms with Gasteiger partial charge < -0.3 is 5.11 Å². The van der Waals surface area contributed by atoms with Crippen LogP contribution in [0.25, 0.3) is 0 Å². The molecule has 0 radical (unpaired) electrons. The monoisotopic (exact) mass is 200 g/mol. The van der Waals surface area contributed by atoms with Gasteiger partial charge in [-0.2, -0.15) is 0 Å². The minimum Gasteiger partial charge on any atom is -0.481 e. The van der Waals surface area contributed by atoms with Gasteiger partial charge in [-0.05, 0) is 18.4 Å². The fraction of sp³-hybridized carbons (Fsp3) is 0.300. The molecular formula is C10H13ClO2. The molecule has 1 rings (SSSR count). The van der Waals surface area contributed by atoms with Crippen LogP contribution in [-0.4, -0.2) is 11.1 Å². The summed E-state index contributed by atoms with van der Waals surface area (Å²) >= 11 is 0. The first kappa shape index (κ1) is 12.0. The summed E-state index contributed by atoms with van der Waals surface area (Å²) < 4.78 is 0. The lowest BCUT2D eigenvalue weighted by Crippen LogP contribution is -1.95. The van der Waals surface area contributed by atoms with Gasteiger partial charge >= 0.3 is 5.97 Å². The highest BCUT2D eigenvalue weighted by atomic mass is 35.5. The van der Waals surface area contributed by atoms with Gasteiger partial charge in [0.1, 0.15) is 0 Å². The third-order valence-corrected chi connectivity index (χ3v) is 1.70. The first-order valence-corrected chi connectivity index (χ1v) is 4.05. The topological polar surface area (TPSA) is 37.3 Å². The summed E-state index contributed by atoms with van der Waals surface area (Å²) in [6.07, 6.45) is 1.83. The maximum absolute atomic E-state index is 10.2. The van der Waals surface area contributed by atoms with Gasteiger partial charge in [0.05, 0.1) is 0 Å². The number of hydrogen-bond donors (Lipinski definition) is 1. The third-order valence-electron chi connectivity index (χ3n) is 1.70. The smallest absolute Gasteiger partial charge is 0.303 e. The molecule has 0 atom stereocenters. The van der Waals surface area contributed by atoms with E-state index in [1.165, 1.54) is 5.56 Å². The second-order valence-corrected chi connectivity index (χ2v) is 2.73. The van der Waals surface area contributed by atoms with E-state index in [4.69, 9.17) is 5.11 Å². The van der Waals surface area contributed by atoms with Crippen LogP contribution in [0.2, 0.25) is 0 Å². The molecule has 3 heteroatoms. The van der Waals surface area contributed by atoms with E-state index in [1.54, 1.807) is 0 Å². The van der Waals surface area contributed by atoms with E-state index in [0.717, 1.165) is 12.8 Å². The van der Waals surface area contributed by atoms with Crippen molar-refractivity contribution in [3.05, 3.63) is 35.9 Å². The van der Waals surface area contributed by atoms with E-state index >= 15 is 0 Å². The summed E-state index contributed by atoms with van der Waals surface area (Å²) in [5, 5.41) is 8.39. The lowest BCUT2D eigenvalue weighted by molar-refractivity contribution is -0.137. The van der Waals surface area contributed by atoms with Crippen molar-refractivity contribution >= 4 is 18.4 Å². The first-order chi connectivity index (χ1) is 5.79. The van der Waals surface area contributed by atoms with Crippen LogP contribution in [0.5, 0.6) is 0 Å². The zero-order chi connectivity index (χ0) is 8.81. The predicted molar refractivity (Wildman–Crippen MR) is 54.3 cm³/mol. The Hall–Kier alpha value is -1.02. The van der Waals surface area contributed by atoms with Crippen molar-refractivity contribution in [3.63, 3.8) is 0 Å². The molecule has 1 N–H and O–H groups in total.